The van der Waals surface area contributed by atoms with Crippen LogP contribution in [0.3, 0.4) is 0 Å². The van der Waals surface area contributed by atoms with Crippen molar-refractivity contribution in [2.24, 2.45) is 0 Å². The van der Waals surface area contributed by atoms with Gasteiger partial charge in [0.15, 0.2) is 0 Å². The molecule has 1 unspecified atom stereocenters. The zero-order valence-electron chi connectivity index (χ0n) is 15.4. The number of rotatable bonds is 5. The fraction of sp³-hybridized carbons (Fsp3) is 0.474. The average Bonchev–Trinajstić information content (AvgIpc) is 3.25. The summed E-state index contributed by atoms with van der Waals surface area (Å²) < 4.78 is 40.1. The van der Waals surface area contributed by atoms with E-state index in [-0.39, 0.29) is 11.6 Å². The van der Waals surface area contributed by atoms with E-state index in [0.29, 0.717) is 23.8 Å². The quantitative estimate of drug-likeness (QED) is 0.865. The van der Waals surface area contributed by atoms with Gasteiger partial charge in [0, 0.05) is 12.6 Å². The molecule has 0 saturated carbocycles. The standard InChI is InChI=1S/C19H23F3N4O/c1-3-25-9-5-8-16(25)11-23-18(27)17-12-24-26(13(17)2)15-7-4-6-14(10-15)19(20,21)22/h4,6-7,10,12,16H,3,5,8-9,11H2,1-2H3,(H,23,27). The smallest absolute Gasteiger partial charge is 0.350 e. The zero-order valence-corrected chi connectivity index (χ0v) is 15.4. The van der Waals surface area contributed by atoms with Gasteiger partial charge in [-0.2, -0.15) is 18.3 Å². The van der Waals surface area contributed by atoms with Crippen molar-refractivity contribution >= 4 is 5.91 Å². The number of nitrogens with zero attached hydrogens (tertiary/aromatic N) is 3. The number of nitrogens with one attached hydrogen (secondary N) is 1. The van der Waals surface area contributed by atoms with E-state index in [2.05, 4.69) is 22.2 Å². The Morgan fingerprint density at radius 1 is 1.37 bits per heavy atom. The first-order chi connectivity index (χ1) is 12.8. The zero-order chi connectivity index (χ0) is 19.6. The molecule has 3 rings (SSSR count). The summed E-state index contributed by atoms with van der Waals surface area (Å²) in [5.74, 6) is -0.256. The van der Waals surface area contributed by atoms with Crippen LogP contribution in [0.4, 0.5) is 13.2 Å². The lowest BCUT2D eigenvalue weighted by Gasteiger charge is -2.22. The molecular weight excluding hydrogens is 357 g/mol. The second-order valence-corrected chi connectivity index (χ2v) is 6.74. The number of halogens is 3. The van der Waals surface area contributed by atoms with Gasteiger partial charge in [0.2, 0.25) is 0 Å². The Morgan fingerprint density at radius 3 is 2.85 bits per heavy atom. The summed E-state index contributed by atoms with van der Waals surface area (Å²) in [4.78, 5) is 14.9. The molecule has 1 aromatic heterocycles. The van der Waals surface area contributed by atoms with Crippen molar-refractivity contribution in [2.45, 2.75) is 38.9 Å². The van der Waals surface area contributed by atoms with Crippen LogP contribution in [0.5, 0.6) is 0 Å². The number of aromatic nitrogens is 2. The molecule has 2 aromatic rings. The lowest BCUT2D eigenvalue weighted by molar-refractivity contribution is -0.137. The normalized spacial score (nSPS) is 18.0. The number of carbonyl (C=O) groups is 1. The van der Waals surface area contributed by atoms with E-state index in [4.69, 9.17) is 0 Å². The number of amides is 1. The van der Waals surface area contributed by atoms with E-state index in [1.54, 1.807) is 6.92 Å². The van der Waals surface area contributed by atoms with Crippen molar-refractivity contribution in [3.63, 3.8) is 0 Å². The van der Waals surface area contributed by atoms with Crippen molar-refractivity contribution in [3.05, 3.63) is 47.3 Å². The maximum absolute atomic E-state index is 12.9. The molecule has 0 radical (unpaired) electrons. The Kier molecular flexibility index (Phi) is 5.55. The molecule has 0 bridgehead atoms. The number of hydrogen-bond acceptors (Lipinski definition) is 3. The molecule has 1 aliphatic rings. The van der Waals surface area contributed by atoms with Gasteiger partial charge >= 0.3 is 6.18 Å². The van der Waals surface area contributed by atoms with Crippen LogP contribution >= 0.6 is 0 Å². The van der Waals surface area contributed by atoms with Crippen LogP contribution in [0.1, 0.15) is 41.4 Å². The van der Waals surface area contributed by atoms with Crippen LogP contribution in [0.2, 0.25) is 0 Å². The molecular formula is C19H23F3N4O. The van der Waals surface area contributed by atoms with Crippen LogP contribution < -0.4 is 5.32 Å². The number of hydrogen-bond donors (Lipinski definition) is 1. The SMILES string of the molecule is CCN1CCCC1CNC(=O)c1cnn(-c2cccc(C(F)(F)F)c2)c1C. The van der Waals surface area contributed by atoms with E-state index in [1.807, 2.05) is 0 Å². The third-order valence-electron chi connectivity index (χ3n) is 5.08. The average molecular weight is 380 g/mol. The van der Waals surface area contributed by atoms with E-state index in [1.165, 1.54) is 23.0 Å². The Hall–Kier alpha value is -2.35. The molecule has 1 amide bonds. The van der Waals surface area contributed by atoms with Crippen molar-refractivity contribution in [1.29, 1.82) is 0 Å². The molecule has 27 heavy (non-hydrogen) atoms. The number of benzene rings is 1. The largest absolute Gasteiger partial charge is 0.416 e. The topological polar surface area (TPSA) is 50.2 Å². The molecule has 0 spiro atoms. The molecule has 0 aliphatic carbocycles. The summed E-state index contributed by atoms with van der Waals surface area (Å²) in [6.07, 6.45) is -0.849. The Labute approximate surface area is 156 Å². The highest BCUT2D eigenvalue weighted by molar-refractivity contribution is 5.95. The molecule has 1 N–H and O–H groups in total. The minimum absolute atomic E-state index is 0.256. The number of likely N-dealkylation sites (N-methyl/N-ethyl adjacent to an activating group) is 1. The molecule has 5 nitrogen and oxygen atoms in total. The molecule has 8 heteroatoms. The maximum Gasteiger partial charge on any atom is 0.416 e. The third-order valence-corrected chi connectivity index (χ3v) is 5.08. The van der Waals surface area contributed by atoms with Crippen molar-refractivity contribution in [3.8, 4) is 5.69 Å². The van der Waals surface area contributed by atoms with Gasteiger partial charge in [0.05, 0.1) is 28.7 Å². The van der Waals surface area contributed by atoms with Gasteiger partial charge in [-0.3, -0.25) is 9.69 Å². The second-order valence-electron chi connectivity index (χ2n) is 6.74. The summed E-state index contributed by atoms with van der Waals surface area (Å²) >= 11 is 0. The van der Waals surface area contributed by atoms with Crippen LogP contribution in [0.15, 0.2) is 30.5 Å². The highest BCUT2D eigenvalue weighted by atomic mass is 19.4. The van der Waals surface area contributed by atoms with Crippen LogP contribution in [0.25, 0.3) is 5.69 Å². The molecule has 2 heterocycles. The van der Waals surface area contributed by atoms with Crippen LogP contribution in [-0.4, -0.2) is 46.3 Å². The summed E-state index contributed by atoms with van der Waals surface area (Å²) in [5.41, 5.74) is 0.398. The van der Waals surface area contributed by atoms with Crippen LogP contribution in [-0.2, 0) is 6.18 Å². The summed E-state index contributed by atoms with van der Waals surface area (Å²) in [5, 5.41) is 7.05. The minimum atomic E-state index is -4.43. The number of carbonyl (C=O) groups excluding carboxylic acids is 1. The number of likely N-dealkylation sites (tertiary alicyclic amines) is 1. The van der Waals surface area contributed by atoms with Crippen molar-refractivity contribution in [1.82, 2.24) is 20.0 Å². The Balaban J connectivity index is 1.74. The van der Waals surface area contributed by atoms with Crippen molar-refractivity contribution < 1.29 is 18.0 Å². The Morgan fingerprint density at radius 2 is 2.15 bits per heavy atom. The third kappa shape index (κ3) is 4.16. The van der Waals surface area contributed by atoms with Crippen LogP contribution in [0, 0.1) is 6.92 Å². The first-order valence-corrected chi connectivity index (χ1v) is 9.05. The van der Waals surface area contributed by atoms with E-state index in [0.717, 1.165) is 38.1 Å². The first-order valence-electron chi connectivity index (χ1n) is 9.05. The Bertz CT molecular complexity index is 816. The summed E-state index contributed by atoms with van der Waals surface area (Å²) in [6.45, 7) is 6.33. The molecule has 1 saturated heterocycles. The highest BCUT2D eigenvalue weighted by Crippen LogP contribution is 2.30. The van der Waals surface area contributed by atoms with Gasteiger partial charge in [-0.25, -0.2) is 4.68 Å². The predicted octanol–water partition coefficient (Wildman–Crippen LogP) is 3.41. The van der Waals surface area contributed by atoms with Crippen molar-refractivity contribution in [2.75, 3.05) is 19.6 Å². The maximum atomic E-state index is 12.9. The monoisotopic (exact) mass is 380 g/mol. The van der Waals surface area contributed by atoms with Gasteiger partial charge in [0.25, 0.3) is 5.91 Å². The molecule has 1 fully saturated rings. The summed E-state index contributed by atoms with van der Waals surface area (Å²) in [7, 11) is 0. The van der Waals surface area contributed by atoms with Gasteiger partial charge in [-0.1, -0.05) is 13.0 Å². The number of alkyl halides is 3. The van der Waals surface area contributed by atoms with Gasteiger partial charge in [0.1, 0.15) is 0 Å². The molecule has 146 valence electrons. The fourth-order valence-corrected chi connectivity index (χ4v) is 3.56. The van der Waals surface area contributed by atoms with E-state index in [9.17, 15) is 18.0 Å². The fourth-order valence-electron chi connectivity index (χ4n) is 3.56. The minimum Gasteiger partial charge on any atom is -0.350 e. The second kappa shape index (κ2) is 7.72. The first kappa shape index (κ1) is 19.4. The lowest BCUT2D eigenvalue weighted by atomic mass is 10.2. The van der Waals surface area contributed by atoms with E-state index >= 15 is 0 Å². The predicted molar refractivity (Wildman–Crippen MR) is 95.9 cm³/mol. The van der Waals surface area contributed by atoms with E-state index < -0.39 is 11.7 Å². The highest BCUT2D eigenvalue weighted by Gasteiger charge is 2.31. The molecule has 1 atom stereocenters. The molecule has 1 aromatic carbocycles. The summed E-state index contributed by atoms with van der Waals surface area (Å²) in [6, 6.07) is 5.24. The van der Waals surface area contributed by atoms with Gasteiger partial charge < -0.3 is 5.32 Å². The van der Waals surface area contributed by atoms with Gasteiger partial charge in [-0.05, 0) is 51.1 Å². The molecule has 1 aliphatic heterocycles. The lowest BCUT2D eigenvalue weighted by Crippen LogP contribution is -2.40. The van der Waals surface area contributed by atoms with Gasteiger partial charge in [-0.15, -0.1) is 0 Å².